The lowest BCUT2D eigenvalue weighted by atomic mass is 10.1. The first kappa shape index (κ1) is 25.5. The molecule has 9 nitrogen and oxygen atoms in total. The number of aromatic nitrogens is 2. The average molecular weight is 512 g/mol. The van der Waals surface area contributed by atoms with Crippen molar-refractivity contribution in [3.05, 3.63) is 59.5 Å². The topological polar surface area (TPSA) is 93.7 Å². The highest BCUT2D eigenvalue weighted by Gasteiger charge is 2.18. The van der Waals surface area contributed by atoms with Gasteiger partial charge in [0.1, 0.15) is 0 Å². The van der Waals surface area contributed by atoms with E-state index in [0.29, 0.717) is 5.95 Å². The van der Waals surface area contributed by atoms with Gasteiger partial charge in [0.05, 0.1) is 6.20 Å². The smallest absolute Gasteiger partial charge is 0.335 e. The van der Waals surface area contributed by atoms with Gasteiger partial charge in [-0.2, -0.15) is 13.4 Å². The van der Waals surface area contributed by atoms with Crippen molar-refractivity contribution in [2.24, 2.45) is 0 Å². The molecule has 2 aromatic carbocycles. The molecule has 0 amide bonds. The van der Waals surface area contributed by atoms with Gasteiger partial charge in [0.15, 0.2) is 11.6 Å². The molecule has 0 spiro atoms. The van der Waals surface area contributed by atoms with Gasteiger partial charge in [-0.15, -0.1) is 0 Å². The van der Waals surface area contributed by atoms with E-state index in [0.717, 1.165) is 50.5 Å². The summed E-state index contributed by atoms with van der Waals surface area (Å²) in [5.74, 6) is 0.0240. The van der Waals surface area contributed by atoms with Crippen LogP contribution in [0.15, 0.2) is 42.6 Å². The number of hydrogen-bond acceptors (Lipinski definition) is 9. The molecule has 0 unspecified atom stereocenters. The van der Waals surface area contributed by atoms with Crippen LogP contribution in [0.25, 0.3) is 0 Å². The molecule has 1 fully saturated rings. The number of aryl methyl sites for hydroxylation is 1. The van der Waals surface area contributed by atoms with Crippen molar-refractivity contribution in [1.29, 1.82) is 0 Å². The predicted molar refractivity (Wildman–Crippen MR) is 142 cm³/mol. The zero-order valence-corrected chi connectivity index (χ0v) is 21.4. The summed E-state index contributed by atoms with van der Waals surface area (Å²) in [7, 11) is 4.24. The van der Waals surface area contributed by atoms with E-state index in [1.54, 1.807) is 0 Å². The second-order valence-electron chi connectivity index (χ2n) is 9.01. The Morgan fingerprint density at radius 1 is 0.917 bits per heavy atom. The second-order valence-corrected chi connectivity index (χ2v) is 9.15. The van der Waals surface area contributed by atoms with Gasteiger partial charge < -0.3 is 25.3 Å². The molecule has 5 rings (SSSR count). The Bertz CT molecular complexity index is 1260. The van der Waals surface area contributed by atoms with Crippen molar-refractivity contribution in [3.63, 3.8) is 0 Å². The Hall–Kier alpha value is -3.57. The summed E-state index contributed by atoms with van der Waals surface area (Å²) in [6, 6.07) is 12.3. The first-order valence-corrected chi connectivity index (χ1v) is 12.4. The van der Waals surface area contributed by atoms with Gasteiger partial charge in [0.25, 0.3) is 0 Å². The lowest BCUT2D eigenvalue weighted by molar-refractivity contribution is 0.312. The summed E-state index contributed by atoms with van der Waals surface area (Å²) in [6.07, 6.45) is 2.19. The van der Waals surface area contributed by atoms with E-state index in [1.807, 2.05) is 12.1 Å². The minimum atomic E-state index is -0.750. The van der Waals surface area contributed by atoms with Crippen LogP contribution >= 0.6 is 0 Å². The minimum Gasteiger partial charge on any atom is -0.374 e. The third-order valence-corrected chi connectivity index (χ3v) is 6.51. The van der Waals surface area contributed by atoms with E-state index in [4.69, 9.17) is 8.42 Å². The number of piperazine rings is 1. The zero-order chi connectivity index (χ0) is 25.7. The highest BCUT2D eigenvalue weighted by Crippen LogP contribution is 2.31. The van der Waals surface area contributed by atoms with Crippen molar-refractivity contribution in [2.45, 2.75) is 13.3 Å². The van der Waals surface area contributed by atoms with E-state index < -0.39 is 17.4 Å². The van der Waals surface area contributed by atoms with Gasteiger partial charge in [-0.1, -0.05) is 0 Å². The lowest BCUT2D eigenvalue weighted by Gasteiger charge is -2.35. The highest BCUT2D eigenvalue weighted by atomic mass is 32.1. The maximum atomic E-state index is 14.4. The van der Waals surface area contributed by atoms with Gasteiger partial charge in [-0.25, -0.2) is 9.37 Å². The monoisotopic (exact) mass is 511 g/mol. The largest absolute Gasteiger partial charge is 0.374 e. The summed E-state index contributed by atoms with van der Waals surface area (Å²) in [6.45, 7) is 7.31. The number of hydrogen-bond donors (Lipinski definition) is 2. The van der Waals surface area contributed by atoms with Crippen LogP contribution < -0.4 is 20.4 Å². The fourth-order valence-corrected chi connectivity index (χ4v) is 4.56. The van der Waals surface area contributed by atoms with Gasteiger partial charge in [-0.3, -0.25) is 0 Å². The van der Waals surface area contributed by atoms with Gasteiger partial charge in [-0.05, 0) is 67.9 Å². The summed E-state index contributed by atoms with van der Waals surface area (Å²) in [5, 5.41) is 6.34. The third kappa shape index (κ3) is 5.97. The van der Waals surface area contributed by atoms with Crippen LogP contribution in [0.1, 0.15) is 11.1 Å². The number of fused-ring (bicyclic) bond motifs is 1. The number of nitrogens with zero attached hydrogens (tertiary/aromatic N) is 5. The predicted octanol–water partition coefficient (Wildman–Crippen LogP) is 3.49. The Morgan fingerprint density at radius 2 is 1.58 bits per heavy atom. The molecule has 0 saturated carbocycles. The van der Waals surface area contributed by atoms with Crippen molar-refractivity contribution < 1.29 is 12.8 Å². The molecule has 1 aromatic heterocycles. The Balaban J connectivity index is 0.000000967. The molecule has 1 saturated heterocycles. The van der Waals surface area contributed by atoms with Gasteiger partial charge in [0.2, 0.25) is 5.95 Å². The van der Waals surface area contributed by atoms with Crippen LogP contribution in [0.4, 0.5) is 38.9 Å². The summed E-state index contributed by atoms with van der Waals surface area (Å²) in [4.78, 5) is 15.5. The molecule has 0 radical (unpaired) electrons. The van der Waals surface area contributed by atoms with Gasteiger partial charge in [0, 0.05) is 62.5 Å². The molecule has 0 bridgehead atoms. The Kier molecular flexibility index (Phi) is 8.11. The molecule has 3 aromatic rings. The van der Waals surface area contributed by atoms with Crippen molar-refractivity contribution >= 4 is 46.1 Å². The molecule has 2 N–H and O–H groups in total. The molecule has 190 valence electrons. The van der Waals surface area contributed by atoms with Crippen molar-refractivity contribution in [1.82, 2.24) is 14.9 Å². The number of rotatable bonds is 5. The van der Waals surface area contributed by atoms with E-state index in [1.165, 1.54) is 28.7 Å². The van der Waals surface area contributed by atoms with Crippen molar-refractivity contribution in [2.75, 3.05) is 67.3 Å². The van der Waals surface area contributed by atoms with Gasteiger partial charge >= 0.3 is 11.6 Å². The minimum absolute atomic E-state index is 0.157. The maximum absolute atomic E-state index is 14.4. The Labute approximate surface area is 213 Å². The van der Waals surface area contributed by atoms with E-state index in [2.05, 4.69) is 80.6 Å². The molecular formula is C25H30FN7O2S. The van der Waals surface area contributed by atoms with Crippen LogP contribution in [0.2, 0.25) is 0 Å². The molecule has 2 aliphatic rings. The normalized spacial score (nSPS) is 15.1. The number of likely N-dealkylation sites (N-methyl/N-ethyl adjacent to an activating group) is 2. The van der Waals surface area contributed by atoms with Crippen LogP contribution in [0, 0.1) is 12.7 Å². The van der Waals surface area contributed by atoms with Crippen molar-refractivity contribution in [3.8, 4) is 0 Å². The fraction of sp³-hybridized carbons (Fsp3) is 0.360. The van der Waals surface area contributed by atoms with Crippen LogP contribution in [-0.2, 0) is 18.0 Å². The molecule has 3 heterocycles. The number of benzene rings is 2. The SMILES string of the molecule is Cc1cc(Nc2ncc(F)c(Nc3ccc4c(c3)CCN4C)n2)ccc1N1CCN(C)CC1.O=S=O. The molecule has 0 atom stereocenters. The number of anilines is 6. The van der Waals surface area contributed by atoms with E-state index >= 15 is 0 Å². The zero-order valence-electron chi connectivity index (χ0n) is 20.6. The maximum Gasteiger partial charge on any atom is 0.335 e. The third-order valence-electron chi connectivity index (χ3n) is 6.51. The van der Waals surface area contributed by atoms with Crippen LogP contribution in [0.5, 0.6) is 0 Å². The second kappa shape index (κ2) is 11.4. The van der Waals surface area contributed by atoms with E-state index in [-0.39, 0.29) is 5.82 Å². The quantitative estimate of drug-likeness (QED) is 0.534. The molecule has 2 aliphatic heterocycles. The summed E-state index contributed by atoms with van der Waals surface area (Å²) in [5.41, 5.74) is 6.61. The molecular weight excluding hydrogens is 481 g/mol. The molecule has 36 heavy (non-hydrogen) atoms. The molecule has 11 heteroatoms. The summed E-state index contributed by atoms with van der Waals surface area (Å²) < 4.78 is 31.0. The van der Waals surface area contributed by atoms with Crippen LogP contribution in [0.3, 0.4) is 0 Å². The Morgan fingerprint density at radius 3 is 2.28 bits per heavy atom. The molecule has 0 aliphatic carbocycles. The van der Waals surface area contributed by atoms with Crippen LogP contribution in [-0.4, -0.2) is 70.1 Å². The summed E-state index contributed by atoms with van der Waals surface area (Å²) >= 11 is -0.750. The fourth-order valence-electron chi connectivity index (χ4n) is 4.56. The highest BCUT2D eigenvalue weighted by molar-refractivity contribution is 7.51. The first-order chi connectivity index (χ1) is 17.4. The lowest BCUT2D eigenvalue weighted by Crippen LogP contribution is -2.44. The number of halogens is 1. The first-order valence-electron chi connectivity index (χ1n) is 11.7. The standard InChI is InChI=1S/C25H30FN7.O2S/c1-17-14-19(4-6-22(17)33-12-10-31(2)11-13-33)29-25-27-16-21(26)24(30-25)28-20-5-7-23-18(15-20)8-9-32(23)3;1-3-2/h4-7,14-16H,8-13H2,1-3H3,(H2,27,28,29,30);. The number of nitrogens with one attached hydrogen (secondary N) is 2. The average Bonchev–Trinajstić information content (AvgIpc) is 3.22. The van der Waals surface area contributed by atoms with E-state index in [9.17, 15) is 4.39 Å².